The third-order valence-electron chi connectivity index (χ3n) is 7.39. The molecule has 1 saturated carbocycles. The quantitative estimate of drug-likeness (QED) is 0.172. The molecule has 202 valence electrons. The molecule has 5 nitrogen and oxygen atoms in total. The van der Waals surface area contributed by atoms with E-state index in [1.54, 1.807) is 18.3 Å². The number of benzene rings is 2. The molecule has 0 aliphatic heterocycles. The summed E-state index contributed by atoms with van der Waals surface area (Å²) in [6.07, 6.45) is 14.2. The summed E-state index contributed by atoms with van der Waals surface area (Å²) in [5, 5.41) is 21.2. The summed E-state index contributed by atoms with van der Waals surface area (Å²) >= 11 is 0. The van der Waals surface area contributed by atoms with Crippen molar-refractivity contribution in [3.8, 4) is 11.1 Å². The summed E-state index contributed by atoms with van der Waals surface area (Å²) < 4.78 is 30.1. The lowest BCUT2D eigenvalue weighted by Crippen LogP contribution is -2.26. The molecule has 0 bridgehead atoms. The summed E-state index contributed by atoms with van der Waals surface area (Å²) in [5.41, 5.74) is 3.36. The number of aliphatic hydroxyl groups is 1. The predicted octanol–water partition coefficient (Wildman–Crippen LogP) is 7.36. The minimum Gasteiger partial charge on any atom is -0.393 e. The Labute approximate surface area is 223 Å². The first-order valence-corrected chi connectivity index (χ1v) is 13.9. The van der Waals surface area contributed by atoms with Gasteiger partial charge in [-0.2, -0.15) is 0 Å². The number of allylic oxidation sites excluding steroid dienone is 1. The molecule has 3 N–H and O–H groups in total. The molecular weight excluding hydrogens is 482 g/mol. The average Bonchev–Trinajstić information content (AvgIpc) is 2.92. The number of aliphatic hydroxyl groups excluding tert-OH is 1. The van der Waals surface area contributed by atoms with E-state index < -0.39 is 11.6 Å². The van der Waals surface area contributed by atoms with Gasteiger partial charge in [0.1, 0.15) is 11.6 Å². The summed E-state index contributed by atoms with van der Waals surface area (Å²) in [6.45, 7) is 2.02. The van der Waals surface area contributed by atoms with E-state index in [4.69, 9.17) is 10.4 Å². The number of nitrogens with zero attached hydrogens (tertiary/aromatic N) is 2. The standard InChI is InChI=1S/C31H38F2N4O/c1-2-9-24(38)12-6-7-13-26-27(32)16-21(17-28(26)33)25-14-8-15-29-31(25)37-30(20-36-29)22(18-34)19-35-23-10-4-3-5-11-23/h8,14-20,23-24,34-35,38H,2-7,9-13H2,1H3/b22-19+,34-18?. The van der Waals surface area contributed by atoms with Crippen LogP contribution >= 0.6 is 0 Å². The maximum Gasteiger partial charge on any atom is 0.129 e. The third-order valence-corrected chi connectivity index (χ3v) is 7.39. The average molecular weight is 521 g/mol. The van der Waals surface area contributed by atoms with Crippen molar-refractivity contribution in [1.82, 2.24) is 15.3 Å². The second-order valence-corrected chi connectivity index (χ2v) is 10.3. The number of unbranched alkanes of at least 4 members (excludes halogenated alkanes) is 1. The molecular formula is C31H38F2N4O. The van der Waals surface area contributed by atoms with Crippen LogP contribution in [0.1, 0.15) is 82.4 Å². The van der Waals surface area contributed by atoms with Gasteiger partial charge in [0.2, 0.25) is 0 Å². The van der Waals surface area contributed by atoms with Gasteiger partial charge in [0, 0.05) is 35.2 Å². The monoisotopic (exact) mass is 520 g/mol. The van der Waals surface area contributed by atoms with E-state index in [9.17, 15) is 5.11 Å². The van der Waals surface area contributed by atoms with Crippen molar-refractivity contribution in [1.29, 1.82) is 5.41 Å². The molecule has 4 rings (SSSR count). The Hall–Kier alpha value is -3.19. The summed E-state index contributed by atoms with van der Waals surface area (Å²) in [4.78, 5) is 9.30. The molecule has 1 fully saturated rings. The highest BCUT2D eigenvalue weighted by Gasteiger charge is 2.16. The van der Waals surface area contributed by atoms with Gasteiger partial charge in [-0.25, -0.2) is 13.8 Å². The fraction of sp³-hybridized carbons (Fsp3) is 0.452. The Bertz CT molecular complexity index is 1250. The van der Waals surface area contributed by atoms with Gasteiger partial charge in [0.05, 0.1) is 29.0 Å². The van der Waals surface area contributed by atoms with E-state index in [0.717, 1.165) is 32.1 Å². The molecule has 0 saturated heterocycles. The second-order valence-electron chi connectivity index (χ2n) is 10.3. The molecule has 1 aliphatic rings. The number of hydrogen-bond acceptors (Lipinski definition) is 5. The molecule has 38 heavy (non-hydrogen) atoms. The first-order valence-electron chi connectivity index (χ1n) is 13.9. The van der Waals surface area contributed by atoms with Gasteiger partial charge in [-0.1, -0.05) is 51.2 Å². The number of rotatable bonds is 12. The third kappa shape index (κ3) is 7.01. The molecule has 1 atom stereocenters. The minimum absolute atomic E-state index is 0.0774. The SMILES string of the molecule is CCCC(O)CCCCc1c(F)cc(-c2cccc3ncc(/C(C=N)=C/NC4CCCCC4)nc23)cc1F. The number of fused-ring (bicyclic) bond motifs is 1. The van der Waals surface area contributed by atoms with Gasteiger partial charge >= 0.3 is 0 Å². The van der Waals surface area contributed by atoms with Gasteiger partial charge in [-0.15, -0.1) is 0 Å². The van der Waals surface area contributed by atoms with Crippen LogP contribution in [0.2, 0.25) is 0 Å². The first-order chi connectivity index (χ1) is 18.5. The lowest BCUT2D eigenvalue weighted by atomic mass is 9.95. The van der Waals surface area contributed by atoms with Gasteiger partial charge in [0.15, 0.2) is 0 Å². The topological polar surface area (TPSA) is 81.9 Å². The molecule has 0 spiro atoms. The Morgan fingerprint density at radius 1 is 1.13 bits per heavy atom. The molecule has 7 heteroatoms. The molecule has 1 aliphatic carbocycles. The predicted molar refractivity (Wildman–Crippen MR) is 150 cm³/mol. The number of nitrogens with one attached hydrogen (secondary N) is 2. The maximum atomic E-state index is 15.1. The summed E-state index contributed by atoms with van der Waals surface area (Å²) in [6, 6.07) is 8.54. The van der Waals surface area contributed by atoms with Crippen molar-refractivity contribution >= 4 is 22.8 Å². The Morgan fingerprint density at radius 2 is 1.89 bits per heavy atom. The molecule has 1 unspecified atom stereocenters. The van der Waals surface area contributed by atoms with Crippen LogP contribution in [-0.4, -0.2) is 33.4 Å². The molecule has 1 aromatic heterocycles. The zero-order valence-corrected chi connectivity index (χ0v) is 22.1. The van der Waals surface area contributed by atoms with E-state index in [1.807, 2.05) is 19.2 Å². The van der Waals surface area contributed by atoms with Gasteiger partial charge in [-0.05, 0) is 62.3 Å². The van der Waals surface area contributed by atoms with Gasteiger partial charge in [-0.3, -0.25) is 4.98 Å². The summed E-state index contributed by atoms with van der Waals surface area (Å²) in [7, 11) is 0. The first kappa shape index (κ1) is 27.8. The van der Waals surface area contributed by atoms with E-state index >= 15 is 8.78 Å². The van der Waals surface area contributed by atoms with E-state index in [-0.39, 0.29) is 18.1 Å². The highest BCUT2D eigenvalue weighted by Crippen LogP contribution is 2.31. The van der Waals surface area contributed by atoms with E-state index in [2.05, 4.69) is 10.3 Å². The highest BCUT2D eigenvalue weighted by atomic mass is 19.1. The van der Waals surface area contributed by atoms with Crippen LogP contribution in [0.4, 0.5) is 8.78 Å². The number of halogens is 2. The lowest BCUT2D eigenvalue weighted by Gasteiger charge is -2.22. The van der Waals surface area contributed by atoms with Gasteiger partial charge < -0.3 is 15.8 Å². The van der Waals surface area contributed by atoms with Crippen LogP contribution < -0.4 is 5.32 Å². The molecule has 2 aromatic carbocycles. The van der Waals surface area contributed by atoms with Crippen LogP contribution in [0.15, 0.2) is 42.7 Å². The van der Waals surface area contributed by atoms with E-state index in [0.29, 0.717) is 52.3 Å². The van der Waals surface area contributed by atoms with Crippen molar-refractivity contribution in [2.24, 2.45) is 0 Å². The summed E-state index contributed by atoms with van der Waals surface area (Å²) in [5.74, 6) is -1.15. The lowest BCUT2D eigenvalue weighted by molar-refractivity contribution is 0.150. The Morgan fingerprint density at radius 3 is 2.61 bits per heavy atom. The van der Waals surface area contributed by atoms with Crippen molar-refractivity contribution in [2.45, 2.75) is 89.7 Å². The molecule has 1 heterocycles. The fourth-order valence-electron chi connectivity index (χ4n) is 5.23. The zero-order valence-electron chi connectivity index (χ0n) is 22.1. The molecule has 0 amide bonds. The van der Waals surface area contributed by atoms with Crippen LogP contribution in [0.25, 0.3) is 27.7 Å². The number of aromatic nitrogens is 2. The van der Waals surface area contributed by atoms with Crippen LogP contribution in [0.5, 0.6) is 0 Å². The largest absolute Gasteiger partial charge is 0.393 e. The van der Waals surface area contributed by atoms with Crippen molar-refractivity contribution < 1.29 is 13.9 Å². The minimum atomic E-state index is -0.577. The Balaban J connectivity index is 1.56. The number of para-hydroxylation sites is 1. The number of hydrogen-bond donors (Lipinski definition) is 3. The van der Waals surface area contributed by atoms with Crippen LogP contribution in [0, 0.1) is 17.0 Å². The second kappa shape index (κ2) is 13.6. The smallest absolute Gasteiger partial charge is 0.129 e. The van der Waals surface area contributed by atoms with Crippen LogP contribution in [0.3, 0.4) is 0 Å². The molecule has 3 aromatic rings. The van der Waals surface area contributed by atoms with Crippen LogP contribution in [-0.2, 0) is 6.42 Å². The Kier molecular flexibility index (Phi) is 9.93. The zero-order chi connectivity index (χ0) is 26.9. The maximum absolute atomic E-state index is 15.1. The normalized spacial score (nSPS) is 15.5. The van der Waals surface area contributed by atoms with Crippen molar-refractivity contribution in [2.75, 3.05) is 0 Å². The molecule has 0 radical (unpaired) electrons. The van der Waals surface area contributed by atoms with E-state index in [1.165, 1.54) is 37.6 Å². The van der Waals surface area contributed by atoms with Crippen molar-refractivity contribution in [3.05, 3.63) is 65.6 Å². The van der Waals surface area contributed by atoms with Gasteiger partial charge in [0.25, 0.3) is 0 Å². The van der Waals surface area contributed by atoms with Crippen molar-refractivity contribution in [3.63, 3.8) is 0 Å². The highest BCUT2D eigenvalue weighted by molar-refractivity contribution is 6.08. The fourth-order valence-corrected chi connectivity index (χ4v) is 5.23.